The monoisotopic (exact) mass is 294 g/mol. The number of nitrogens with zero attached hydrogens (tertiary/aromatic N) is 1. The van der Waals surface area contributed by atoms with Crippen LogP contribution < -0.4 is 5.73 Å². The number of pyridine rings is 1. The van der Waals surface area contributed by atoms with Crippen LogP contribution in [0.1, 0.15) is 37.8 Å². The van der Waals surface area contributed by atoms with Crippen molar-refractivity contribution in [2.24, 2.45) is 5.73 Å². The Morgan fingerprint density at radius 1 is 1.29 bits per heavy atom. The Hall–Kier alpha value is -0.670. The van der Waals surface area contributed by atoms with E-state index in [1.165, 1.54) is 25.7 Å². The highest BCUT2D eigenvalue weighted by atomic mass is 79.9. The lowest BCUT2D eigenvalue weighted by atomic mass is 9.93. The third-order valence-corrected chi connectivity index (χ3v) is 3.64. The highest BCUT2D eigenvalue weighted by molar-refractivity contribution is 9.10. The zero-order chi connectivity index (χ0) is 12.1. The maximum absolute atomic E-state index is 6.18. The summed E-state index contributed by atoms with van der Waals surface area (Å²) in [5, 5.41) is 0. The van der Waals surface area contributed by atoms with Gasteiger partial charge in [-0.25, -0.2) is 0 Å². The first-order valence-electron chi connectivity index (χ1n) is 6.28. The lowest BCUT2D eigenvalue weighted by Gasteiger charge is -2.17. The molecule has 2 nitrogen and oxygen atoms in total. The molecule has 17 heavy (non-hydrogen) atoms. The van der Waals surface area contributed by atoms with Gasteiger partial charge in [-0.2, -0.15) is 0 Å². The molecule has 1 aromatic rings. The summed E-state index contributed by atoms with van der Waals surface area (Å²) in [5.41, 5.74) is 8.81. The van der Waals surface area contributed by atoms with E-state index < -0.39 is 0 Å². The van der Waals surface area contributed by atoms with Gasteiger partial charge in [0.1, 0.15) is 0 Å². The molecule has 92 valence electrons. The quantitative estimate of drug-likeness (QED) is 0.862. The summed E-state index contributed by atoms with van der Waals surface area (Å²) in [4.78, 5) is 4.37. The van der Waals surface area contributed by atoms with Crippen LogP contribution >= 0.6 is 15.9 Å². The summed E-state index contributed by atoms with van der Waals surface area (Å²) in [6.45, 7) is 0. The van der Waals surface area contributed by atoms with Gasteiger partial charge in [0, 0.05) is 28.8 Å². The Morgan fingerprint density at radius 3 is 2.82 bits per heavy atom. The average Bonchev–Trinajstić information content (AvgIpc) is 2.33. The highest BCUT2D eigenvalue weighted by Gasteiger charge is 2.10. The zero-order valence-corrected chi connectivity index (χ0v) is 11.6. The summed E-state index contributed by atoms with van der Waals surface area (Å²) < 4.78 is 1.02. The molecule has 1 atom stereocenters. The standard InChI is InChI=1S/C14H19BrN2/c15-12-6-7-14(17-10-12)9-13(16)8-11-4-2-1-3-5-11/h4,6-7,10,13H,1-3,5,8-9,16H2. The van der Waals surface area contributed by atoms with Gasteiger partial charge in [-0.1, -0.05) is 11.6 Å². The van der Waals surface area contributed by atoms with Crippen molar-refractivity contribution in [3.8, 4) is 0 Å². The Balaban J connectivity index is 1.86. The summed E-state index contributed by atoms with van der Waals surface area (Å²) in [5.74, 6) is 0. The second-order valence-corrected chi connectivity index (χ2v) is 5.66. The second kappa shape index (κ2) is 6.31. The number of rotatable bonds is 4. The summed E-state index contributed by atoms with van der Waals surface area (Å²) >= 11 is 3.39. The fourth-order valence-electron chi connectivity index (χ4n) is 2.29. The molecule has 0 fully saturated rings. The van der Waals surface area contributed by atoms with Crippen LogP contribution in [0.3, 0.4) is 0 Å². The first-order valence-corrected chi connectivity index (χ1v) is 7.07. The van der Waals surface area contributed by atoms with E-state index >= 15 is 0 Å². The SMILES string of the molecule is NC(CC1=CCCCC1)Cc1ccc(Br)cn1. The maximum Gasteiger partial charge on any atom is 0.0420 e. The van der Waals surface area contributed by atoms with Crippen LogP contribution in [0, 0.1) is 0 Å². The smallest absolute Gasteiger partial charge is 0.0420 e. The fraction of sp³-hybridized carbons (Fsp3) is 0.500. The van der Waals surface area contributed by atoms with Crippen LogP contribution in [0.15, 0.2) is 34.5 Å². The molecule has 0 saturated carbocycles. The lowest BCUT2D eigenvalue weighted by Crippen LogP contribution is -2.24. The Kier molecular flexibility index (Phi) is 4.75. The molecule has 1 aliphatic carbocycles. The highest BCUT2D eigenvalue weighted by Crippen LogP contribution is 2.21. The summed E-state index contributed by atoms with van der Waals surface area (Å²) in [6, 6.07) is 4.27. The van der Waals surface area contributed by atoms with Crippen molar-refractivity contribution in [1.82, 2.24) is 4.98 Å². The molecule has 1 unspecified atom stereocenters. The van der Waals surface area contributed by atoms with E-state index in [1.54, 1.807) is 5.57 Å². The van der Waals surface area contributed by atoms with E-state index in [2.05, 4.69) is 27.0 Å². The van der Waals surface area contributed by atoms with Crippen LogP contribution in [0.25, 0.3) is 0 Å². The van der Waals surface area contributed by atoms with Crippen LogP contribution in [0.2, 0.25) is 0 Å². The number of hydrogen-bond donors (Lipinski definition) is 1. The van der Waals surface area contributed by atoms with Crippen molar-refractivity contribution < 1.29 is 0 Å². The van der Waals surface area contributed by atoms with E-state index in [-0.39, 0.29) is 6.04 Å². The van der Waals surface area contributed by atoms with Crippen molar-refractivity contribution in [2.75, 3.05) is 0 Å². The molecule has 3 heteroatoms. The molecule has 1 aliphatic rings. The van der Waals surface area contributed by atoms with E-state index in [1.807, 2.05) is 18.3 Å². The second-order valence-electron chi connectivity index (χ2n) is 4.74. The number of allylic oxidation sites excluding steroid dienone is 1. The average molecular weight is 295 g/mol. The summed E-state index contributed by atoms with van der Waals surface area (Å²) in [7, 11) is 0. The van der Waals surface area contributed by atoms with Crippen molar-refractivity contribution in [3.05, 3.63) is 40.1 Å². The molecule has 0 saturated heterocycles. The third kappa shape index (κ3) is 4.25. The fourth-order valence-corrected chi connectivity index (χ4v) is 2.53. The van der Waals surface area contributed by atoms with Crippen LogP contribution in [0.4, 0.5) is 0 Å². The minimum Gasteiger partial charge on any atom is -0.327 e. The normalized spacial score (nSPS) is 17.6. The predicted molar refractivity (Wildman–Crippen MR) is 74.8 cm³/mol. The molecule has 2 N–H and O–H groups in total. The first-order chi connectivity index (χ1) is 8.24. The van der Waals surface area contributed by atoms with Gasteiger partial charge in [0.25, 0.3) is 0 Å². The number of hydrogen-bond acceptors (Lipinski definition) is 2. The van der Waals surface area contributed by atoms with E-state index in [0.717, 1.165) is 23.0 Å². The van der Waals surface area contributed by atoms with Gasteiger partial charge < -0.3 is 5.73 Å². The largest absolute Gasteiger partial charge is 0.327 e. The Labute approximate surface area is 111 Å². The van der Waals surface area contributed by atoms with Crippen molar-refractivity contribution in [3.63, 3.8) is 0 Å². The van der Waals surface area contributed by atoms with Gasteiger partial charge >= 0.3 is 0 Å². The Morgan fingerprint density at radius 2 is 2.18 bits per heavy atom. The number of halogens is 1. The maximum atomic E-state index is 6.18. The van der Waals surface area contributed by atoms with Gasteiger partial charge in [0.15, 0.2) is 0 Å². The topological polar surface area (TPSA) is 38.9 Å². The molecule has 0 amide bonds. The summed E-state index contributed by atoms with van der Waals surface area (Å²) in [6.07, 6.45) is 11.2. The van der Waals surface area contributed by atoms with E-state index in [9.17, 15) is 0 Å². The van der Waals surface area contributed by atoms with E-state index in [4.69, 9.17) is 5.73 Å². The van der Waals surface area contributed by atoms with Crippen molar-refractivity contribution in [2.45, 2.75) is 44.6 Å². The molecule has 0 aliphatic heterocycles. The number of aromatic nitrogens is 1. The van der Waals surface area contributed by atoms with Crippen LogP contribution in [0.5, 0.6) is 0 Å². The van der Waals surface area contributed by atoms with Crippen molar-refractivity contribution >= 4 is 15.9 Å². The minimum atomic E-state index is 0.202. The molecule has 1 heterocycles. The van der Waals surface area contributed by atoms with Gasteiger partial charge in [-0.05, 0) is 60.2 Å². The van der Waals surface area contributed by atoms with Crippen molar-refractivity contribution in [1.29, 1.82) is 0 Å². The lowest BCUT2D eigenvalue weighted by molar-refractivity contribution is 0.600. The first kappa shape index (κ1) is 12.8. The number of nitrogens with two attached hydrogens (primary N) is 1. The molecule has 0 bridgehead atoms. The predicted octanol–water partition coefficient (Wildman–Crippen LogP) is 3.60. The molecule has 0 radical (unpaired) electrons. The van der Waals surface area contributed by atoms with E-state index in [0.29, 0.717) is 0 Å². The minimum absolute atomic E-state index is 0.202. The molecular weight excluding hydrogens is 276 g/mol. The molecule has 0 aromatic carbocycles. The molecule has 0 spiro atoms. The third-order valence-electron chi connectivity index (χ3n) is 3.17. The van der Waals surface area contributed by atoms with Gasteiger partial charge in [-0.3, -0.25) is 4.98 Å². The van der Waals surface area contributed by atoms with Gasteiger partial charge in [-0.15, -0.1) is 0 Å². The molecule has 1 aromatic heterocycles. The molecule has 2 rings (SSSR count). The Bertz CT molecular complexity index is 384. The molecular formula is C14H19BrN2. The van der Waals surface area contributed by atoms with Gasteiger partial charge in [0.05, 0.1) is 0 Å². The zero-order valence-electron chi connectivity index (χ0n) is 10.0. The van der Waals surface area contributed by atoms with Crippen LogP contribution in [-0.2, 0) is 6.42 Å². The van der Waals surface area contributed by atoms with Gasteiger partial charge in [0.2, 0.25) is 0 Å². The van der Waals surface area contributed by atoms with Crippen LogP contribution in [-0.4, -0.2) is 11.0 Å².